The summed E-state index contributed by atoms with van der Waals surface area (Å²) in [6, 6.07) is 19.0. The van der Waals surface area contributed by atoms with Crippen LogP contribution in [0.2, 0.25) is 0 Å². The number of nitrogen functional groups attached to an aromatic ring is 1. The first-order valence-corrected chi connectivity index (χ1v) is 9.52. The highest BCUT2D eigenvalue weighted by Gasteiger charge is 2.22. The molecule has 0 saturated heterocycles. The van der Waals surface area contributed by atoms with Gasteiger partial charge in [0, 0.05) is 13.0 Å². The molecule has 7 heteroatoms. The Morgan fingerprint density at radius 2 is 1.59 bits per heavy atom. The molecule has 29 heavy (non-hydrogen) atoms. The lowest BCUT2D eigenvalue weighted by Gasteiger charge is -2.23. The lowest BCUT2D eigenvalue weighted by atomic mass is 10.1. The highest BCUT2D eigenvalue weighted by molar-refractivity contribution is 5.95. The van der Waals surface area contributed by atoms with Crippen molar-refractivity contribution in [3.63, 3.8) is 0 Å². The van der Waals surface area contributed by atoms with E-state index in [0.29, 0.717) is 6.42 Å². The average molecular weight is 392 g/mol. The van der Waals surface area contributed by atoms with Crippen LogP contribution in [0.3, 0.4) is 0 Å². The van der Waals surface area contributed by atoms with Crippen LogP contribution in [-0.4, -0.2) is 22.0 Å². The predicted molar refractivity (Wildman–Crippen MR) is 114 cm³/mol. The second kappa shape index (κ2) is 9.05. The van der Waals surface area contributed by atoms with Gasteiger partial charge < -0.3 is 10.6 Å². The average Bonchev–Trinajstić information content (AvgIpc) is 2.74. The summed E-state index contributed by atoms with van der Waals surface area (Å²) < 4.78 is 1.28. The number of benzene rings is 2. The van der Waals surface area contributed by atoms with Gasteiger partial charge in [0.05, 0.1) is 6.54 Å². The third-order valence-electron chi connectivity index (χ3n) is 4.76. The molecule has 0 saturated carbocycles. The minimum Gasteiger partial charge on any atom is -0.383 e. The van der Waals surface area contributed by atoms with E-state index >= 15 is 0 Å². The number of nitrogens with zero attached hydrogens (tertiary/aromatic N) is 2. The van der Waals surface area contributed by atoms with Gasteiger partial charge in [-0.3, -0.25) is 19.1 Å². The molecule has 150 valence electrons. The van der Waals surface area contributed by atoms with Gasteiger partial charge in [-0.05, 0) is 24.5 Å². The summed E-state index contributed by atoms with van der Waals surface area (Å²) in [6.45, 7) is 2.24. The van der Waals surface area contributed by atoms with E-state index in [9.17, 15) is 14.4 Å². The van der Waals surface area contributed by atoms with Crippen molar-refractivity contribution in [3.05, 3.63) is 92.6 Å². The number of hydrogen-bond acceptors (Lipinski definition) is 4. The van der Waals surface area contributed by atoms with Crippen molar-refractivity contribution < 1.29 is 4.79 Å². The lowest BCUT2D eigenvalue weighted by Crippen LogP contribution is -2.41. The molecule has 0 fully saturated rings. The number of anilines is 2. The topological polar surface area (TPSA) is 101 Å². The number of aromatic nitrogens is 2. The molecule has 3 rings (SSSR count). The summed E-state index contributed by atoms with van der Waals surface area (Å²) in [5.41, 5.74) is 6.85. The molecule has 0 spiro atoms. The van der Waals surface area contributed by atoms with E-state index in [1.807, 2.05) is 60.7 Å². The van der Waals surface area contributed by atoms with Crippen molar-refractivity contribution in [1.82, 2.24) is 9.55 Å². The van der Waals surface area contributed by atoms with Gasteiger partial charge in [-0.25, -0.2) is 4.79 Å². The highest BCUT2D eigenvalue weighted by atomic mass is 16.2. The molecule has 0 bridgehead atoms. The Hall–Kier alpha value is -3.61. The zero-order valence-electron chi connectivity index (χ0n) is 16.3. The minimum absolute atomic E-state index is 0.0149. The molecule has 0 radical (unpaired) electrons. The molecule has 1 heterocycles. The smallest absolute Gasteiger partial charge is 0.330 e. The first kappa shape index (κ1) is 20.1. The van der Waals surface area contributed by atoms with Crippen molar-refractivity contribution in [1.29, 1.82) is 0 Å². The number of carbonyl (C=O) groups is 1. The van der Waals surface area contributed by atoms with Crippen LogP contribution < -0.4 is 21.9 Å². The van der Waals surface area contributed by atoms with Gasteiger partial charge in [0.2, 0.25) is 5.91 Å². The van der Waals surface area contributed by atoms with E-state index in [4.69, 9.17) is 5.73 Å². The molecular formula is C22H24N4O3. The van der Waals surface area contributed by atoms with Crippen LogP contribution in [0.5, 0.6) is 0 Å². The van der Waals surface area contributed by atoms with Gasteiger partial charge in [0.25, 0.3) is 5.56 Å². The largest absolute Gasteiger partial charge is 0.383 e. The number of amides is 1. The van der Waals surface area contributed by atoms with E-state index in [-0.39, 0.29) is 36.9 Å². The fourth-order valence-electron chi connectivity index (χ4n) is 3.25. The maximum atomic E-state index is 12.8. The molecule has 3 N–H and O–H groups in total. The zero-order chi connectivity index (χ0) is 20.8. The SMILES string of the molecule is CCN(C(=O)CCc1ccccc1)c1c(N)n(Cc2ccccc2)c(=O)[nH]c1=O. The quantitative estimate of drug-likeness (QED) is 0.643. The Labute approximate surface area is 168 Å². The van der Waals surface area contributed by atoms with Crippen molar-refractivity contribution >= 4 is 17.4 Å². The zero-order valence-corrected chi connectivity index (χ0v) is 16.3. The number of aryl methyl sites for hydroxylation is 1. The van der Waals surface area contributed by atoms with Crippen LogP contribution in [-0.2, 0) is 17.8 Å². The van der Waals surface area contributed by atoms with Crippen LogP contribution in [0, 0.1) is 0 Å². The Morgan fingerprint density at radius 1 is 1.00 bits per heavy atom. The highest BCUT2D eigenvalue weighted by Crippen LogP contribution is 2.19. The standard InChI is InChI=1S/C22H24N4O3/c1-2-25(18(27)14-13-16-9-5-3-6-10-16)19-20(23)26(22(29)24-21(19)28)15-17-11-7-4-8-12-17/h3-12H,2,13-15,23H2,1H3,(H,24,28,29). The van der Waals surface area contributed by atoms with Gasteiger partial charge in [-0.2, -0.15) is 0 Å². The Morgan fingerprint density at radius 3 is 2.17 bits per heavy atom. The van der Waals surface area contributed by atoms with Crippen molar-refractivity contribution in [3.8, 4) is 0 Å². The molecule has 0 unspecified atom stereocenters. The van der Waals surface area contributed by atoms with Crippen LogP contribution in [0.25, 0.3) is 0 Å². The summed E-state index contributed by atoms with van der Waals surface area (Å²) in [4.78, 5) is 41.3. The number of rotatable bonds is 7. The third kappa shape index (κ3) is 4.63. The maximum Gasteiger partial charge on any atom is 0.330 e. The fraction of sp³-hybridized carbons (Fsp3) is 0.227. The van der Waals surface area contributed by atoms with Gasteiger partial charge in [-0.1, -0.05) is 60.7 Å². The van der Waals surface area contributed by atoms with Gasteiger partial charge in [-0.15, -0.1) is 0 Å². The van der Waals surface area contributed by atoms with Crippen LogP contribution >= 0.6 is 0 Å². The summed E-state index contributed by atoms with van der Waals surface area (Å²) in [6.07, 6.45) is 0.784. The molecule has 1 aromatic heterocycles. The number of carbonyl (C=O) groups excluding carboxylic acids is 1. The first-order valence-electron chi connectivity index (χ1n) is 9.52. The number of nitrogens with one attached hydrogen (secondary N) is 1. The van der Waals surface area contributed by atoms with Gasteiger partial charge in [0.1, 0.15) is 5.82 Å². The summed E-state index contributed by atoms with van der Waals surface area (Å²) >= 11 is 0. The van der Waals surface area contributed by atoms with Crippen molar-refractivity contribution in [2.24, 2.45) is 0 Å². The molecular weight excluding hydrogens is 368 g/mol. The van der Waals surface area contributed by atoms with E-state index in [0.717, 1.165) is 11.1 Å². The maximum absolute atomic E-state index is 12.8. The Kier molecular flexibility index (Phi) is 6.29. The first-order chi connectivity index (χ1) is 14.0. The predicted octanol–water partition coefficient (Wildman–Crippen LogP) is 2.15. The second-order valence-corrected chi connectivity index (χ2v) is 6.69. The Bertz CT molecular complexity index is 1090. The molecule has 0 aliphatic rings. The van der Waals surface area contributed by atoms with E-state index in [2.05, 4.69) is 4.98 Å². The molecule has 0 aliphatic heterocycles. The molecule has 0 atom stereocenters. The van der Waals surface area contributed by atoms with E-state index in [1.165, 1.54) is 9.47 Å². The summed E-state index contributed by atoms with van der Waals surface area (Å²) in [7, 11) is 0. The Balaban J connectivity index is 1.90. The molecule has 3 aromatic rings. The molecule has 0 aliphatic carbocycles. The number of nitrogens with two attached hydrogens (primary N) is 1. The summed E-state index contributed by atoms with van der Waals surface area (Å²) in [5, 5.41) is 0. The van der Waals surface area contributed by atoms with Gasteiger partial charge >= 0.3 is 5.69 Å². The minimum atomic E-state index is -0.660. The molecule has 7 nitrogen and oxygen atoms in total. The fourth-order valence-corrected chi connectivity index (χ4v) is 3.25. The monoisotopic (exact) mass is 392 g/mol. The van der Waals surface area contributed by atoms with Crippen LogP contribution in [0.15, 0.2) is 70.3 Å². The second-order valence-electron chi connectivity index (χ2n) is 6.69. The van der Waals surface area contributed by atoms with Gasteiger partial charge in [0.15, 0.2) is 5.69 Å². The third-order valence-corrected chi connectivity index (χ3v) is 4.76. The van der Waals surface area contributed by atoms with Crippen molar-refractivity contribution in [2.45, 2.75) is 26.3 Å². The number of aromatic amines is 1. The van der Waals surface area contributed by atoms with Crippen LogP contribution in [0.1, 0.15) is 24.5 Å². The normalized spacial score (nSPS) is 10.7. The molecule has 2 aromatic carbocycles. The lowest BCUT2D eigenvalue weighted by molar-refractivity contribution is -0.118. The van der Waals surface area contributed by atoms with Crippen molar-refractivity contribution in [2.75, 3.05) is 17.2 Å². The van der Waals surface area contributed by atoms with Crippen LogP contribution in [0.4, 0.5) is 11.5 Å². The number of H-pyrrole nitrogens is 1. The van der Waals surface area contributed by atoms with E-state index in [1.54, 1.807) is 6.92 Å². The number of hydrogen-bond donors (Lipinski definition) is 2. The summed E-state index contributed by atoms with van der Waals surface area (Å²) in [5.74, 6) is -0.240. The molecule has 1 amide bonds. The van der Waals surface area contributed by atoms with E-state index < -0.39 is 11.2 Å².